The zero-order valence-electron chi connectivity index (χ0n) is 15.5. The third-order valence-electron chi connectivity index (χ3n) is 8.35. The standard InChI is InChI=1S/C21H30O4/c1-11(22)14-4-5-15-18-16(24)9-12-8-13(23)6-7-20(12,2)19(18)17(25)10-21(14,15)3/h9,13-15,17-19,23,25H,4-8,10H2,1-3H3/t13?,14-,15+,17-,18-,19+,20+,21-/m1/s1. The summed E-state index contributed by atoms with van der Waals surface area (Å²) in [5.74, 6) is 0.210. The molecule has 0 heterocycles. The molecular formula is C21H30O4. The molecule has 4 nitrogen and oxygen atoms in total. The van der Waals surface area contributed by atoms with Crippen LogP contribution in [-0.4, -0.2) is 34.0 Å². The van der Waals surface area contributed by atoms with Crippen molar-refractivity contribution in [1.82, 2.24) is 0 Å². The summed E-state index contributed by atoms with van der Waals surface area (Å²) in [6.07, 6.45) is 5.32. The molecule has 0 bridgehead atoms. The number of aliphatic hydroxyl groups excluding tert-OH is 2. The highest BCUT2D eigenvalue weighted by Crippen LogP contribution is 2.65. The lowest BCUT2D eigenvalue weighted by Gasteiger charge is -2.58. The van der Waals surface area contributed by atoms with E-state index in [-0.39, 0.29) is 52.2 Å². The minimum Gasteiger partial charge on any atom is -0.393 e. The predicted octanol–water partition coefficient (Wildman–Crippen LogP) is 2.67. The van der Waals surface area contributed by atoms with Crippen LogP contribution in [0.25, 0.3) is 0 Å². The molecule has 0 aromatic carbocycles. The van der Waals surface area contributed by atoms with Gasteiger partial charge in [-0.1, -0.05) is 19.4 Å². The molecule has 0 amide bonds. The molecule has 4 aliphatic carbocycles. The van der Waals surface area contributed by atoms with E-state index in [0.29, 0.717) is 12.8 Å². The highest BCUT2D eigenvalue weighted by Gasteiger charge is 2.64. The van der Waals surface area contributed by atoms with Crippen molar-refractivity contribution in [3.63, 3.8) is 0 Å². The molecule has 0 radical (unpaired) electrons. The Labute approximate surface area is 149 Å². The summed E-state index contributed by atoms with van der Waals surface area (Å²) in [6, 6.07) is 0. The van der Waals surface area contributed by atoms with Gasteiger partial charge < -0.3 is 10.2 Å². The number of fused-ring (bicyclic) bond motifs is 5. The van der Waals surface area contributed by atoms with Crippen LogP contribution in [0.4, 0.5) is 0 Å². The van der Waals surface area contributed by atoms with Gasteiger partial charge >= 0.3 is 0 Å². The van der Waals surface area contributed by atoms with Gasteiger partial charge in [-0.15, -0.1) is 0 Å². The summed E-state index contributed by atoms with van der Waals surface area (Å²) < 4.78 is 0. The predicted molar refractivity (Wildman–Crippen MR) is 93.7 cm³/mol. The van der Waals surface area contributed by atoms with Gasteiger partial charge in [0.1, 0.15) is 5.78 Å². The Balaban J connectivity index is 1.78. The fraction of sp³-hybridized carbons (Fsp3) is 0.810. The van der Waals surface area contributed by atoms with Crippen LogP contribution in [0.3, 0.4) is 0 Å². The Hall–Kier alpha value is -1.00. The first-order chi connectivity index (χ1) is 11.7. The molecule has 3 fully saturated rings. The second kappa shape index (κ2) is 5.50. The van der Waals surface area contributed by atoms with E-state index < -0.39 is 6.10 Å². The molecule has 0 aromatic rings. The fourth-order valence-corrected chi connectivity index (χ4v) is 7.17. The number of hydrogen-bond acceptors (Lipinski definition) is 4. The highest BCUT2D eigenvalue weighted by atomic mass is 16.3. The second-order valence-corrected chi connectivity index (χ2v) is 9.56. The fourth-order valence-electron chi connectivity index (χ4n) is 7.17. The van der Waals surface area contributed by atoms with E-state index in [9.17, 15) is 19.8 Å². The van der Waals surface area contributed by atoms with Crippen molar-refractivity contribution >= 4 is 11.6 Å². The van der Waals surface area contributed by atoms with Crippen LogP contribution in [0.2, 0.25) is 0 Å². The van der Waals surface area contributed by atoms with Crippen LogP contribution in [0.1, 0.15) is 59.3 Å². The molecule has 4 heteroatoms. The van der Waals surface area contributed by atoms with Gasteiger partial charge in [-0.05, 0) is 68.3 Å². The molecular weight excluding hydrogens is 316 g/mol. The maximum Gasteiger partial charge on any atom is 0.159 e. The SMILES string of the molecule is CC(=O)[C@H]1CC[C@H]2[C@@H]3C(=O)C=C4CC(O)CC[C@]4(C)[C@H]3[C@H](O)C[C@]12C. The van der Waals surface area contributed by atoms with Gasteiger partial charge in [0.25, 0.3) is 0 Å². The van der Waals surface area contributed by atoms with Crippen LogP contribution in [-0.2, 0) is 9.59 Å². The molecule has 2 N–H and O–H groups in total. The maximum absolute atomic E-state index is 13.1. The van der Waals surface area contributed by atoms with Crippen LogP contribution in [0, 0.1) is 34.5 Å². The Bertz CT molecular complexity index is 652. The molecule has 0 aromatic heterocycles. The Morgan fingerprint density at radius 1 is 1.20 bits per heavy atom. The smallest absolute Gasteiger partial charge is 0.159 e. The van der Waals surface area contributed by atoms with E-state index in [4.69, 9.17) is 0 Å². The highest BCUT2D eigenvalue weighted by molar-refractivity contribution is 5.95. The van der Waals surface area contributed by atoms with Crippen molar-refractivity contribution in [2.75, 3.05) is 0 Å². The zero-order valence-corrected chi connectivity index (χ0v) is 15.5. The van der Waals surface area contributed by atoms with Gasteiger partial charge in [0, 0.05) is 17.8 Å². The lowest BCUT2D eigenvalue weighted by atomic mass is 9.46. The summed E-state index contributed by atoms with van der Waals surface area (Å²) in [5.41, 5.74) is 0.562. The first-order valence-electron chi connectivity index (χ1n) is 9.80. The molecule has 4 rings (SSSR count). The molecule has 25 heavy (non-hydrogen) atoms. The van der Waals surface area contributed by atoms with Crippen molar-refractivity contribution < 1.29 is 19.8 Å². The quantitative estimate of drug-likeness (QED) is 0.765. The van der Waals surface area contributed by atoms with E-state index in [1.54, 1.807) is 13.0 Å². The van der Waals surface area contributed by atoms with Gasteiger partial charge in [0.15, 0.2) is 5.78 Å². The van der Waals surface area contributed by atoms with Crippen LogP contribution >= 0.6 is 0 Å². The Morgan fingerprint density at radius 3 is 2.60 bits per heavy atom. The summed E-state index contributed by atoms with van der Waals surface area (Å²) in [7, 11) is 0. The Morgan fingerprint density at radius 2 is 1.92 bits per heavy atom. The number of Topliss-reactive ketones (excluding diaryl/α,β-unsaturated/α-hetero) is 1. The number of allylic oxidation sites excluding steroid dienone is 1. The molecule has 0 saturated heterocycles. The van der Waals surface area contributed by atoms with Crippen LogP contribution in [0.15, 0.2) is 11.6 Å². The number of rotatable bonds is 1. The van der Waals surface area contributed by atoms with E-state index >= 15 is 0 Å². The van der Waals surface area contributed by atoms with Gasteiger partial charge in [0.05, 0.1) is 12.2 Å². The number of carbonyl (C=O) groups is 2. The first kappa shape index (κ1) is 17.4. The summed E-state index contributed by atoms with van der Waals surface area (Å²) in [4.78, 5) is 25.3. The number of carbonyl (C=O) groups excluding carboxylic acids is 2. The second-order valence-electron chi connectivity index (χ2n) is 9.56. The number of hydrogen-bond donors (Lipinski definition) is 2. The molecule has 0 aliphatic heterocycles. The molecule has 4 aliphatic rings. The third kappa shape index (κ3) is 2.26. The molecule has 0 spiro atoms. The van der Waals surface area contributed by atoms with Gasteiger partial charge in [-0.2, -0.15) is 0 Å². The molecule has 3 saturated carbocycles. The lowest BCUT2D eigenvalue weighted by molar-refractivity contribution is -0.155. The van der Waals surface area contributed by atoms with Crippen molar-refractivity contribution in [2.24, 2.45) is 34.5 Å². The van der Waals surface area contributed by atoms with Crippen molar-refractivity contribution in [2.45, 2.75) is 71.5 Å². The van der Waals surface area contributed by atoms with Gasteiger partial charge in [-0.3, -0.25) is 9.59 Å². The maximum atomic E-state index is 13.1. The van der Waals surface area contributed by atoms with Crippen molar-refractivity contribution in [1.29, 1.82) is 0 Å². The zero-order chi connectivity index (χ0) is 18.1. The summed E-state index contributed by atoms with van der Waals surface area (Å²) in [5, 5.41) is 21.2. The van der Waals surface area contributed by atoms with E-state index in [0.717, 1.165) is 31.3 Å². The normalized spacial score (nSPS) is 52.0. The van der Waals surface area contributed by atoms with Gasteiger partial charge in [-0.25, -0.2) is 0 Å². The Kier molecular flexibility index (Phi) is 3.83. The number of ketones is 2. The molecule has 138 valence electrons. The van der Waals surface area contributed by atoms with Crippen molar-refractivity contribution in [3.8, 4) is 0 Å². The molecule has 1 unspecified atom stereocenters. The lowest BCUT2D eigenvalue weighted by Crippen LogP contribution is -2.59. The average Bonchev–Trinajstić information content (AvgIpc) is 2.85. The topological polar surface area (TPSA) is 74.6 Å². The van der Waals surface area contributed by atoms with Gasteiger partial charge in [0.2, 0.25) is 0 Å². The third-order valence-corrected chi connectivity index (χ3v) is 8.35. The number of aliphatic hydroxyl groups is 2. The minimum atomic E-state index is -0.556. The monoisotopic (exact) mass is 346 g/mol. The van der Waals surface area contributed by atoms with E-state index in [1.165, 1.54) is 0 Å². The van der Waals surface area contributed by atoms with E-state index in [1.807, 2.05) is 0 Å². The largest absolute Gasteiger partial charge is 0.393 e. The minimum absolute atomic E-state index is 0.0349. The van der Waals surface area contributed by atoms with E-state index in [2.05, 4.69) is 13.8 Å². The first-order valence-corrected chi connectivity index (χ1v) is 9.80. The molecule has 8 atom stereocenters. The van der Waals surface area contributed by atoms with Crippen LogP contribution < -0.4 is 0 Å². The average molecular weight is 346 g/mol. The summed E-state index contributed by atoms with van der Waals surface area (Å²) >= 11 is 0. The van der Waals surface area contributed by atoms with Crippen molar-refractivity contribution in [3.05, 3.63) is 11.6 Å². The summed E-state index contributed by atoms with van der Waals surface area (Å²) in [6.45, 7) is 5.95. The van der Waals surface area contributed by atoms with Crippen LogP contribution in [0.5, 0.6) is 0 Å².